The normalized spacial score (nSPS) is 11.2. The first-order valence-electron chi connectivity index (χ1n) is 10.1. The Morgan fingerprint density at radius 3 is 2.85 bits per heavy atom. The van der Waals surface area contributed by atoms with Crippen LogP contribution in [0.5, 0.6) is 0 Å². The number of nitrogens with zero attached hydrogens (tertiary/aromatic N) is 6. The zero-order chi connectivity index (χ0) is 23.4. The quantitative estimate of drug-likeness (QED) is 0.405. The Kier molecular flexibility index (Phi) is 6.42. The third kappa shape index (κ3) is 5.22. The van der Waals surface area contributed by atoms with E-state index in [0.717, 1.165) is 0 Å². The molecule has 0 saturated carbocycles. The topological polar surface area (TPSA) is 101 Å². The van der Waals surface area contributed by atoms with Crippen molar-refractivity contribution >= 4 is 34.5 Å². The van der Waals surface area contributed by atoms with E-state index in [1.165, 1.54) is 23.6 Å². The lowest BCUT2D eigenvalue weighted by Gasteiger charge is -2.09. The monoisotopic (exact) mass is 461 g/mol. The van der Waals surface area contributed by atoms with E-state index >= 15 is 0 Å². The summed E-state index contributed by atoms with van der Waals surface area (Å²) in [5.74, 6) is -0.518. The average Bonchev–Trinajstić information content (AvgIpc) is 3.52. The molecule has 0 aromatic carbocycles. The van der Waals surface area contributed by atoms with E-state index in [1.807, 2.05) is 30.0 Å². The second-order valence-corrected chi connectivity index (χ2v) is 8.33. The number of halogens is 1. The van der Waals surface area contributed by atoms with Gasteiger partial charge in [0.25, 0.3) is 5.91 Å². The van der Waals surface area contributed by atoms with E-state index in [4.69, 9.17) is 0 Å². The Hall–Kier alpha value is -4.10. The standard InChI is InChI=1S/C23H20FN7OS/c1-15(2)31-13-17(27-21(31)11-25)5-6-18-14-33-23(28-18)29-22(32)19-4-3-9-30(19)12-16-7-8-26-20(24)10-16/h3-10,13-15H,12H2,1-2H3,(H,28,29,32). The van der Waals surface area contributed by atoms with Crippen LogP contribution >= 0.6 is 11.3 Å². The van der Waals surface area contributed by atoms with Crippen LogP contribution in [0.1, 0.15) is 53.2 Å². The Bertz CT molecular complexity index is 1360. The van der Waals surface area contributed by atoms with Gasteiger partial charge in [-0.2, -0.15) is 9.65 Å². The molecule has 8 nitrogen and oxygen atoms in total. The van der Waals surface area contributed by atoms with Crippen molar-refractivity contribution in [2.75, 3.05) is 5.32 Å². The summed E-state index contributed by atoms with van der Waals surface area (Å²) in [7, 11) is 0. The molecule has 0 spiro atoms. The third-order valence-corrected chi connectivity index (χ3v) is 5.56. The highest BCUT2D eigenvalue weighted by atomic mass is 32.1. The second-order valence-electron chi connectivity index (χ2n) is 7.48. The van der Waals surface area contributed by atoms with Crippen LogP contribution in [0.2, 0.25) is 0 Å². The van der Waals surface area contributed by atoms with Crippen LogP contribution in [0.15, 0.2) is 48.2 Å². The fourth-order valence-corrected chi connectivity index (χ4v) is 3.89. The highest BCUT2D eigenvalue weighted by Gasteiger charge is 2.14. The molecule has 0 atom stereocenters. The summed E-state index contributed by atoms with van der Waals surface area (Å²) >= 11 is 1.30. The van der Waals surface area contributed by atoms with Gasteiger partial charge in [0.05, 0.1) is 11.4 Å². The number of nitrogens with one attached hydrogen (secondary N) is 1. The molecule has 166 valence electrons. The van der Waals surface area contributed by atoms with Crippen molar-refractivity contribution < 1.29 is 9.18 Å². The summed E-state index contributed by atoms with van der Waals surface area (Å²) in [4.78, 5) is 25.0. The van der Waals surface area contributed by atoms with Gasteiger partial charge in [-0.25, -0.2) is 15.0 Å². The second kappa shape index (κ2) is 9.58. The number of carbonyl (C=O) groups is 1. The van der Waals surface area contributed by atoms with E-state index in [-0.39, 0.29) is 11.9 Å². The minimum atomic E-state index is -0.561. The van der Waals surface area contributed by atoms with Crippen molar-refractivity contribution in [2.24, 2.45) is 0 Å². The number of imidazole rings is 1. The maximum atomic E-state index is 13.4. The van der Waals surface area contributed by atoms with Crippen molar-refractivity contribution in [3.63, 3.8) is 0 Å². The van der Waals surface area contributed by atoms with Crippen LogP contribution in [-0.4, -0.2) is 30.0 Å². The number of hydrogen-bond acceptors (Lipinski definition) is 6. The van der Waals surface area contributed by atoms with Gasteiger partial charge < -0.3 is 9.13 Å². The number of nitriles is 1. The highest BCUT2D eigenvalue weighted by Crippen LogP contribution is 2.19. The molecule has 0 aliphatic rings. The maximum absolute atomic E-state index is 13.4. The Morgan fingerprint density at radius 1 is 1.30 bits per heavy atom. The molecule has 0 aliphatic heterocycles. The predicted octanol–water partition coefficient (Wildman–Crippen LogP) is 4.60. The molecule has 4 rings (SSSR count). The molecule has 10 heteroatoms. The number of anilines is 1. The average molecular weight is 462 g/mol. The number of aromatic nitrogens is 5. The van der Waals surface area contributed by atoms with Gasteiger partial charge in [0.1, 0.15) is 11.8 Å². The summed E-state index contributed by atoms with van der Waals surface area (Å²) in [6.07, 6.45) is 8.53. The van der Waals surface area contributed by atoms with E-state index in [0.29, 0.717) is 40.1 Å². The third-order valence-electron chi connectivity index (χ3n) is 4.78. The van der Waals surface area contributed by atoms with Crippen molar-refractivity contribution in [3.8, 4) is 6.07 Å². The van der Waals surface area contributed by atoms with Gasteiger partial charge >= 0.3 is 0 Å². The lowest BCUT2D eigenvalue weighted by Crippen LogP contribution is -2.17. The van der Waals surface area contributed by atoms with Gasteiger partial charge in [-0.1, -0.05) is 0 Å². The molecule has 4 aromatic rings. The summed E-state index contributed by atoms with van der Waals surface area (Å²) in [6.45, 7) is 4.31. The number of carbonyl (C=O) groups excluding carboxylic acids is 1. The van der Waals surface area contributed by atoms with Gasteiger partial charge in [0, 0.05) is 36.6 Å². The SMILES string of the molecule is CC(C)n1cc(C=Cc2csc(NC(=O)c3cccn3Cc3ccnc(F)c3)n2)nc1C#N. The lowest BCUT2D eigenvalue weighted by molar-refractivity contribution is 0.101. The van der Waals surface area contributed by atoms with Crippen molar-refractivity contribution in [1.29, 1.82) is 5.26 Å². The fraction of sp³-hybridized carbons (Fsp3) is 0.174. The number of rotatable bonds is 7. The van der Waals surface area contributed by atoms with Gasteiger partial charge in [0.15, 0.2) is 5.13 Å². The molecule has 0 radical (unpaired) electrons. The summed E-state index contributed by atoms with van der Waals surface area (Å²) < 4.78 is 16.9. The minimum absolute atomic E-state index is 0.131. The van der Waals surface area contributed by atoms with Crippen LogP contribution in [0.25, 0.3) is 12.2 Å². The zero-order valence-corrected chi connectivity index (χ0v) is 18.8. The molecule has 33 heavy (non-hydrogen) atoms. The van der Waals surface area contributed by atoms with Gasteiger partial charge in [0.2, 0.25) is 11.8 Å². The number of pyridine rings is 1. The molecule has 1 N–H and O–H groups in total. The molecule has 0 fully saturated rings. The summed E-state index contributed by atoms with van der Waals surface area (Å²) in [5, 5.41) is 14.3. The number of hydrogen-bond donors (Lipinski definition) is 1. The molecular formula is C23H20FN7OS. The van der Waals surface area contributed by atoms with Crippen LogP contribution in [0, 0.1) is 17.3 Å². The largest absolute Gasteiger partial charge is 0.339 e. The van der Waals surface area contributed by atoms with Crippen LogP contribution in [0.4, 0.5) is 9.52 Å². The number of thiazole rings is 1. The van der Waals surface area contributed by atoms with E-state index in [9.17, 15) is 14.4 Å². The summed E-state index contributed by atoms with van der Waals surface area (Å²) in [5.41, 5.74) is 2.46. The molecular weight excluding hydrogens is 441 g/mol. The first kappa shape index (κ1) is 22.1. The fourth-order valence-electron chi connectivity index (χ4n) is 3.22. The van der Waals surface area contributed by atoms with Gasteiger partial charge in [-0.15, -0.1) is 11.3 Å². The minimum Gasteiger partial charge on any atom is -0.339 e. The first-order valence-corrected chi connectivity index (χ1v) is 11.0. The van der Waals surface area contributed by atoms with Crippen molar-refractivity contribution in [1.82, 2.24) is 24.1 Å². The molecule has 1 amide bonds. The first-order chi connectivity index (χ1) is 15.9. The van der Waals surface area contributed by atoms with Crippen molar-refractivity contribution in [2.45, 2.75) is 26.4 Å². The predicted molar refractivity (Wildman–Crippen MR) is 124 cm³/mol. The molecule has 0 unspecified atom stereocenters. The van der Waals surface area contributed by atoms with Crippen LogP contribution in [0.3, 0.4) is 0 Å². The molecule has 0 bridgehead atoms. The Morgan fingerprint density at radius 2 is 2.12 bits per heavy atom. The molecule has 0 saturated heterocycles. The van der Waals surface area contributed by atoms with E-state index < -0.39 is 5.95 Å². The summed E-state index contributed by atoms with van der Waals surface area (Å²) in [6, 6.07) is 8.71. The lowest BCUT2D eigenvalue weighted by atomic mass is 10.2. The molecule has 4 heterocycles. The Balaban J connectivity index is 1.43. The van der Waals surface area contributed by atoms with Crippen LogP contribution in [-0.2, 0) is 6.54 Å². The van der Waals surface area contributed by atoms with E-state index in [1.54, 1.807) is 41.1 Å². The smallest absolute Gasteiger partial charge is 0.274 e. The Labute approximate surface area is 193 Å². The van der Waals surface area contributed by atoms with E-state index in [2.05, 4.69) is 26.3 Å². The maximum Gasteiger partial charge on any atom is 0.274 e. The molecule has 0 aliphatic carbocycles. The highest BCUT2D eigenvalue weighted by molar-refractivity contribution is 7.14. The van der Waals surface area contributed by atoms with Gasteiger partial charge in [-0.05, 0) is 55.8 Å². The molecule has 4 aromatic heterocycles. The zero-order valence-electron chi connectivity index (χ0n) is 17.9. The van der Waals surface area contributed by atoms with Crippen LogP contribution < -0.4 is 5.32 Å². The van der Waals surface area contributed by atoms with Gasteiger partial charge in [-0.3, -0.25) is 10.1 Å². The number of amides is 1. The van der Waals surface area contributed by atoms with Crippen molar-refractivity contribution in [3.05, 3.63) is 82.7 Å².